The lowest BCUT2D eigenvalue weighted by molar-refractivity contribution is 0.401. The van der Waals surface area contributed by atoms with Crippen molar-refractivity contribution in [3.63, 3.8) is 0 Å². The van der Waals surface area contributed by atoms with Gasteiger partial charge in [-0.2, -0.15) is 0 Å². The van der Waals surface area contributed by atoms with Crippen molar-refractivity contribution in [2.24, 2.45) is 0 Å². The lowest BCUT2D eigenvalue weighted by Crippen LogP contribution is -2.23. The van der Waals surface area contributed by atoms with E-state index in [4.69, 9.17) is 20.8 Å². The molecule has 0 radical (unpaired) electrons. The maximum absolute atomic E-state index is 12.3. The molecule has 108 valence electrons. The van der Waals surface area contributed by atoms with Gasteiger partial charge in [-0.3, -0.25) is 0 Å². The molecule has 20 heavy (non-hydrogen) atoms. The molecule has 0 fully saturated rings. The van der Waals surface area contributed by atoms with Gasteiger partial charge in [0.15, 0.2) is 0 Å². The first-order valence-corrected chi connectivity index (χ1v) is 7.66. The fraction of sp³-hybridized carbons (Fsp3) is 0.231. The fourth-order valence-corrected chi connectivity index (χ4v) is 3.06. The number of hydrogen-bond donors (Lipinski definition) is 1. The van der Waals surface area contributed by atoms with E-state index in [-0.39, 0.29) is 17.2 Å². The molecule has 7 heteroatoms. The van der Waals surface area contributed by atoms with Gasteiger partial charge in [0, 0.05) is 5.02 Å². The first kappa shape index (κ1) is 14.9. The molecule has 5 nitrogen and oxygen atoms in total. The molecule has 0 unspecified atom stereocenters. The highest BCUT2D eigenvalue weighted by Gasteiger charge is 2.21. The molecule has 0 spiro atoms. The van der Waals surface area contributed by atoms with Gasteiger partial charge >= 0.3 is 0 Å². The van der Waals surface area contributed by atoms with E-state index in [2.05, 4.69) is 4.72 Å². The molecule has 2 rings (SSSR count). The normalized spacial score (nSPS) is 11.6. The smallest absolute Gasteiger partial charge is 0.244 e. The van der Waals surface area contributed by atoms with Crippen LogP contribution in [0, 0.1) is 6.92 Å². The summed E-state index contributed by atoms with van der Waals surface area (Å²) in [4.78, 5) is 0.00200. The van der Waals surface area contributed by atoms with Gasteiger partial charge in [-0.1, -0.05) is 11.6 Å². The van der Waals surface area contributed by atoms with E-state index in [1.54, 1.807) is 25.1 Å². The average molecular weight is 316 g/mol. The number of sulfonamides is 1. The first-order chi connectivity index (χ1) is 9.44. The molecule has 1 N–H and O–H groups in total. The van der Waals surface area contributed by atoms with Crippen LogP contribution < -0.4 is 9.46 Å². The summed E-state index contributed by atoms with van der Waals surface area (Å²) in [5.41, 5.74) is 0.744. The van der Waals surface area contributed by atoms with E-state index in [0.717, 1.165) is 5.56 Å². The zero-order chi connectivity index (χ0) is 14.8. The third-order valence-corrected chi connectivity index (χ3v) is 4.58. The van der Waals surface area contributed by atoms with Crippen LogP contribution in [0.4, 0.5) is 0 Å². The standard InChI is InChI=1S/C13H14ClNO4S/c1-9-6-12(18-2)13(7-11(9)14)20(16,17)15-8-10-4-3-5-19-10/h3-7,15H,8H2,1-2H3. The van der Waals surface area contributed by atoms with Crippen molar-refractivity contribution < 1.29 is 17.6 Å². The quantitative estimate of drug-likeness (QED) is 0.921. The Kier molecular flexibility index (Phi) is 4.37. The van der Waals surface area contributed by atoms with E-state index in [1.807, 2.05) is 0 Å². The highest BCUT2D eigenvalue weighted by atomic mass is 35.5. The third-order valence-electron chi connectivity index (χ3n) is 2.75. The lowest BCUT2D eigenvalue weighted by Gasteiger charge is -2.12. The second-order valence-electron chi connectivity index (χ2n) is 4.16. The predicted molar refractivity (Wildman–Crippen MR) is 75.5 cm³/mol. The maximum atomic E-state index is 12.3. The number of halogens is 1. The number of nitrogens with one attached hydrogen (secondary N) is 1. The van der Waals surface area contributed by atoms with Crippen molar-refractivity contribution in [1.82, 2.24) is 4.72 Å². The zero-order valence-corrected chi connectivity index (χ0v) is 12.6. The molecular formula is C13H14ClNO4S. The molecule has 0 amide bonds. The van der Waals surface area contributed by atoms with Crippen LogP contribution in [0.15, 0.2) is 39.8 Å². The third kappa shape index (κ3) is 3.15. The Balaban J connectivity index is 2.31. The van der Waals surface area contributed by atoms with E-state index in [0.29, 0.717) is 10.8 Å². The minimum absolute atomic E-state index is 0.00200. The molecule has 0 aliphatic heterocycles. The molecule has 1 aromatic heterocycles. The number of benzene rings is 1. The van der Waals surface area contributed by atoms with Crippen LogP contribution in [-0.2, 0) is 16.6 Å². The molecule has 2 aromatic rings. The second-order valence-corrected chi connectivity index (χ2v) is 6.30. The molecule has 0 aliphatic rings. The SMILES string of the molecule is COc1cc(C)c(Cl)cc1S(=O)(=O)NCc1ccco1. The summed E-state index contributed by atoms with van der Waals surface area (Å²) in [7, 11) is -2.33. The van der Waals surface area contributed by atoms with Crippen molar-refractivity contribution >= 4 is 21.6 Å². The van der Waals surface area contributed by atoms with Gasteiger partial charge in [0.2, 0.25) is 10.0 Å². The summed E-state index contributed by atoms with van der Waals surface area (Å²) in [5.74, 6) is 0.768. The Morgan fingerprint density at radius 2 is 2.15 bits per heavy atom. The molecule has 0 bridgehead atoms. The average Bonchev–Trinajstić information content (AvgIpc) is 2.92. The number of furan rings is 1. The van der Waals surface area contributed by atoms with E-state index >= 15 is 0 Å². The Hall–Kier alpha value is -1.50. The van der Waals surface area contributed by atoms with Crippen LogP contribution in [0.3, 0.4) is 0 Å². The molecule has 0 atom stereocenters. The van der Waals surface area contributed by atoms with Crippen molar-refractivity contribution in [3.05, 3.63) is 46.9 Å². The lowest BCUT2D eigenvalue weighted by atomic mass is 10.2. The topological polar surface area (TPSA) is 68.5 Å². The maximum Gasteiger partial charge on any atom is 0.244 e. The van der Waals surface area contributed by atoms with Crippen LogP contribution in [0.2, 0.25) is 5.02 Å². The van der Waals surface area contributed by atoms with Crippen LogP contribution in [0.5, 0.6) is 5.75 Å². The van der Waals surface area contributed by atoms with E-state index < -0.39 is 10.0 Å². The highest BCUT2D eigenvalue weighted by molar-refractivity contribution is 7.89. The number of hydrogen-bond acceptors (Lipinski definition) is 4. The van der Waals surface area contributed by atoms with E-state index in [9.17, 15) is 8.42 Å². The van der Waals surface area contributed by atoms with Crippen LogP contribution in [0.25, 0.3) is 0 Å². The monoisotopic (exact) mass is 315 g/mol. The Bertz CT molecular complexity index is 695. The fourth-order valence-electron chi connectivity index (χ4n) is 1.66. The Morgan fingerprint density at radius 1 is 1.40 bits per heavy atom. The number of aryl methyl sites for hydroxylation is 1. The summed E-state index contributed by atoms with van der Waals surface area (Å²) in [6, 6.07) is 6.33. The van der Waals surface area contributed by atoms with Gasteiger partial charge in [-0.15, -0.1) is 0 Å². The molecular weight excluding hydrogens is 302 g/mol. The van der Waals surface area contributed by atoms with Crippen molar-refractivity contribution in [2.75, 3.05) is 7.11 Å². The van der Waals surface area contributed by atoms with Gasteiger partial charge in [0.1, 0.15) is 16.4 Å². The second kappa shape index (κ2) is 5.87. The number of methoxy groups -OCH3 is 1. The van der Waals surface area contributed by atoms with Crippen molar-refractivity contribution in [3.8, 4) is 5.75 Å². The van der Waals surface area contributed by atoms with Gasteiger partial charge < -0.3 is 9.15 Å². The number of rotatable bonds is 5. The van der Waals surface area contributed by atoms with Crippen LogP contribution in [0.1, 0.15) is 11.3 Å². The van der Waals surface area contributed by atoms with Crippen molar-refractivity contribution in [1.29, 1.82) is 0 Å². The highest BCUT2D eigenvalue weighted by Crippen LogP contribution is 2.30. The first-order valence-electron chi connectivity index (χ1n) is 5.80. The molecule has 0 saturated carbocycles. The van der Waals surface area contributed by atoms with Gasteiger partial charge in [-0.25, -0.2) is 13.1 Å². The van der Waals surface area contributed by atoms with Gasteiger partial charge in [0.25, 0.3) is 0 Å². The van der Waals surface area contributed by atoms with E-state index in [1.165, 1.54) is 19.4 Å². The molecule has 0 saturated heterocycles. The van der Waals surface area contributed by atoms with Gasteiger partial charge in [-0.05, 0) is 36.8 Å². The Labute approximate surface area is 122 Å². The van der Waals surface area contributed by atoms with Crippen molar-refractivity contribution in [2.45, 2.75) is 18.4 Å². The summed E-state index contributed by atoms with van der Waals surface area (Å²) < 4.78 is 37.2. The summed E-state index contributed by atoms with van der Waals surface area (Å²) in [5, 5.41) is 0.365. The summed E-state index contributed by atoms with van der Waals surface area (Å²) in [6.07, 6.45) is 1.48. The van der Waals surface area contributed by atoms with Gasteiger partial charge in [0.05, 0.1) is 19.9 Å². The molecule has 1 heterocycles. The number of ether oxygens (including phenoxy) is 1. The summed E-state index contributed by atoms with van der Waals surface area (Å²) in [6.45, 7) is 1.83. The van der Waals surface area contributed by atoms with Crippen LogP contribution in [-0.4, -0.2) is 15.5 Å². The Morgan fingerprint density at radius 3 is 2.75 bits per heavy atom. The minimum Gasteiger partial charge on any atom is -0.495 e. The van der Waals surface area contributed by atoms with Crippen LogP contribution >= 0.6 is 11.6 Å². The predicted octanol–water partition coefficient (Wildman–Crippen LogP) is 2.73. The largest absolute Gasteiger partial charge is 0.495 e. The molecule has 0 aliphatic carbocycles. The zero-order valence-electron chi connectivity index (χ0n) is 11.0. The molecule has 1 aromatic carbocycles. The minimum atomic E-state index is -3.74. The summed E-state index contributed by atoms with van der Waals surface area (Å²) >= 11 is 5.98.